The van der Waals surface area contributed by atoms with Gasteiger partial charge in [-0.2, -0.15) is 0 Å². The van der Waals surface area contributed by atoms with Crippen LogP contribution in [0.2, 0.25) is 0 Å². The van der Waals surface area contributed by atoms with E-state index in [0.29, 0.717) is 5.57 Å². The summed E-state index contributed by atoms with van der Waals surface area (Å²) >= 11 is 7.09. The lowest BCUT2D eigenvalue weighted by molar-refractivity contribution is -0.113. The highest BCUT2D eigenvalue weighted by atomic mass is 79.9. The van der Waals surface area contributed by atoms with Gasteiger partial charge in [-0.15, -0.1) is 0 Å². The van der Waals surface area contributed by atoms with Gasteiger partial charge in [-0.05, 0) is 79.4 Å². The number of hydrogen-bond acceptors (Lipinski definition) is 2. The maximum Gasteiger partial charge on any atom is 0.262 e. The maximum atomic E-state index is 13.4. The van der Waals surface area contributed by atoms with Crippen molar-refractivity contribution in [3.63, 3.8) is 0 Å². The molecule has 3 nitrogen and oxygen atoms in total. The van der Waals surface area contributed by atoms with Gasteiger partial charge in [0.15, 0.2) is 0 Å². The SMILES string of the molecule is COc1ccc(C=C2C=C(c3ccccc3)N(c3ccccc3Br)C2=O)cc1Br. The Balaban J connectivity index is 1.82. The summed E-state index contributed by atoms with van der Waals surface area (Å²) in [6.07, 6.45) is 3.83. The summed E-state index contributed by atoms with van der Waals surface area (Å²) in [5, 5.41) is 0. The number of nitrogens with zero attached hydrogens (tertiary/aromatic N) is 1. The van der Waals surface area contributed by atoms with Crippen molar-refractivity contribution in [1.29, 1.82) is 0 Å². The number of ether oxygens (including phenoxy) is 1. The summed E-state index contributed by atoms with van der Waals surface area (Å²) in [6.45, 7) is 0. The molecule has 29 heavy (non-hydrogen) atoms. The number of hydrogen-bond donors (Lipinski definition) is 0. The topological polar surface area (TPSA) is 29.5 Å². The maximum absolute atomic E-state index is 13.4. The smallest absolute Gasteiger partial charge is 0.262 e. The second-order valence-corrected chi connectivity index (χ2v) is 8.19. The summed E-state index contributed by atoms with van der Waals surface area (Å²) in [5.74, 6) is 0.683. The highest BCUT2D eigenvalue weighted by Gasteiger charge is 2.31. The molecule has 4 rings (SSSR count). The Morgan fingerprint density at radius 2 is 1.62 bits per heavy atom. The molecule has 0 atom stereocenters. The third kappa shape index (κ3) is 3.93. The Kier molecular flexibility index (Phi) is 5.69. The third-order valence-electron chi connectivity index (χ3n) is 4.64. The molecule has 144 valence electrons. The van der Waals surface area contributed by atoms with Crippen LogP contribution in [0.4, 0.5) is 5.69 Å². The summed E-state index contributed by atoms with van der Waals surface area (Å²) in [4.78, 5) is 15.2. The summed E-state index contributed by atoms with van der Waals surface area (Å²) in [6, 6.07) is 23.4. The Labute approximate surface area is 186 Å². The van der Waals surface area contributed by atoms with Crippen LogP contribution in [0.25, 0.3) is 11.8 Å². The number of carbonyl (C=O) groups is 1. The number of rotatable bonds is 4. The number of halogens is 2. The van der Waals surface area contributed by atoms with Crippen LogP contribution in [0.3, 0.4) is 0 Å². The molecule has 1 aliphatic rings. The summed E-state index contributed by atoms with van der Waals surface area (Å²) in [5.41, 5.74) is 4.18. The lowest BCUT2D eigenvalue weighted by atomic mass is 10.1. The van der Waals surface area contributed by atoms with Crippen LogP contribution in [0.5, 0.6) is 5.75 Å². The van der Waals surface area contributed by atoms with Crippen molar-refractivity contribution in [2.45, 2.75) is 0 Å². The van der Waals surface area contributed by atoms with Crippen LogP contribution in [0.1, 0.15) is 11.1 Å². The molecule has 1 amide bonds. The second-order valence-electron chi connectivity index (χ2n) is 6.48. The van der Waals surface area contributed by atoms with Gasteiger partial charge in [-0.3, -0.25) is 9.69 Å². The standard InChI is InChI=1S/C24H17Br2NO2/c1-29-23-12-11-16(14-20(23)26)13-18-15-22(17-7-3-2-4-8-17)27(24(18)28)21-10-6-5-9-19(21)25/h2-15H,1H3. The van der Waals surface area contributed by atoms with Gasteiger partial charge in [0.05, 0.1) is 23.0 Å². The first-order chi connectivity index (χ1) is 14.1. The molecule has 0 aromatic heterocycles. The molecular formula is C24H17Br2NO2. The quantitative estimate of drug-likeness (QED) is 0.366. The van der Waals surface area contributed by atoms with E-state index in [1.165, 1.54) is 0 Å². The number of para-hydroxylation sites is 1. The van der Waals surface area contributed by atoms with Gasteiger partial charge in [0.1, 0.15) is 5.75 Å². The van der Waals surface area contributed by atoms with Gasteiger partial charge >= 0.3 is 0 Å². The molecule has 0 radical (unpaired) electrons. The molecule has 3 aromatic rings. The first-order valence-electron chi connectivity index (χ1n) is 9.00. The van der Waals surface area contributed by atoms with Crippen LogP contribution in [-0.4, -0.2) is 13.0 Å². The summed E-state index contributed by atoms with van der Waals surface area (Å²) in [7, 11) is 1.63. The van der Waals surface area contributed by atoms with E-state index in [0.717, 1.165) is 37.2 Å². The van der Waals surface area contributed by atoms with Gasteiger partial charge < -0.3 is 4.74 Å². The largest absolute Gasteiger partial charge is 0.496 e. The third-order valence-corrected chi connectivity index (χ3v) is 5.93. The van der Waals surface area contributed by atoms with Crippen LogP contribution in [0.15, 0.2) is 93.4 Å². The second kappa shape index (κ2) is 8.39. The van der Waals surface area contributed by atoms with E-state index in [1.54, 1.807) is 12.0 Å². The van der Waals surface area contributed by atoms with Crippen molar-refractivity contribution in [2.24, 2.45) is 0 Å². The van der Waals surface area contributed by atoms with E-state index in [1.807, 2.05) is 84.9 Å². The first-order valence-corrected chi connectivity index (χ1v) is 10.6. The Bertz CT molecular complexity index is 1140. The zero-order chi connectivity index (χ0) is 20.4. The fourth-order valence-corrected chi connectivity index (χ4v) is 4.28. The highest BCUT2D eigenvalue weighted by Crippen LogP contribution is 2.38. The first kappa shape index (κ1) is 19.7. The predicted octanol–water partition coefficient (Wildman–Crippen LogP) is 6.69. The number of carbonyl (C=O) groups excluding carboxylic acids is 1. The molecule has 0 N–H and O–H groups in total. The highest BCUT2D eigenvalue weighted by molar-refractivity contribution is 9.11. The van der Waals surface area contributed by atoms with Crippen molar-refractivity contribution >= 4 is 55.2 Å². The zero-order valence-corrected chi connectivity index (χ0v) is 18.8. The fraction of sp³-hybridized carbons (Fsp3) is 0.0417. The van der Waals surface area contributed by atoms with Crippen molar-refractivity contribution < 1.29 is 9.53 Å². The Morgan fingerprint density at radius 1 is 0.897 bits per heavy atom. The van der Waals surface area contributed by atoms with Crippen molar-refractivity contribution in [1.82, 2.24) is 0 Å². The lowest BCUT2D eigenvalue weighted by Gasteiger charge is -2.22. The lowest BCUT2D eigenvalue weighted by Crippen LogP contribution is -2.25. The summed E-state index contributed by atoms with van der Waals surface area (Å²) < 4.78 is 7.00. The molecule has 0 spiro atoms. The number of anilines is 1. The van der Waals surface area contributed by atoms with Crippen LogP contribution >= 0.6 is 31.9 Å². The molecule has 1 heterocycles. The number of methoxy groups -OCH3 is 1. The van der Waals surface area contributed by atoms with Crippen molar-refractivity contribution in [3.05, 3.63) is 105 Å². The van der Waals surface area contributed by atoms with E-state index in [2.05, 4.69) is 31.9 Å². The van der Waals surface area contributed by atoms with E-state index < -0.39 is 0 Å². The molecule has 3 aromatic carbocycles. The number of benzene rings is 3. The molecule has 0 unspecified atom stereocenters. The predicted molar refractivity (Wildman–Crippen MR) is 125 cm³/mol. The Hall–Kier alpha value is -2.63. The van der Waals surface area contributed by atoms with Crippen molar-refractivity contribution in [3.8, 4) is 5.75 Å². The molecule has 0 saturated carbocycles. The minimum atomic E-state index is -0.0670. The van der Waals surface area contributed by atoms with Gasteiger partial charge in [0.25, 0.3) is 5.91 Å². The fourth-order valence-electron chi connectivity index (χ4n) is 3.26. The minimum Gasteiger partial charge on any atom is -0.496 e. The van der Waals surface area contributed by atoms with Gasteiger partial charge in [-0.25, -0.2) is 0 Å². The average molecular weight is 511 g/mol. The van der Waals surface area contributed by atoms with E-state index in [4.69, 9.17) is 4.74 Å². The van der Waals surface area contributed by atoms with Crippen LogP contribution < -0.4 is 9.64 Å². The van der Waals surface area contributed by atoms with E-state index in [-0.39, 0.29) is 5.91 Å². The van der Waals surface area contributed by atoms with Gasteiger partial charge in [-0.1, -0.05) is 48.5 Å². The van der Waals surface area contributed by atoms with Crippen molar-refractivity contribution in [2.75, 3.05) is 12.0 Å². The molecule has 0 bridgehead atoms. The molecule has 1 aliphatic heterocycles. The zero-order valence-electron chi connectivity index (χ0n) is 15.6. The minimum absolute atomic E-state index is 0.0670. The molecular weight excluding hydrogens is 494 g/mol. The Morgan fingerprint density at radius 3 is 2.31 bits per heavy atom. The average Bonchev–Trinajstić information content (AvgIpc) is 3.05. The normalized spacial score (nSPS) is 15.0. The molecule has 0 aliphatic carbocycles. The monoisotopic (exact) mass is 509 g/mol. The van der Waals surface area contributed by atoms with Gasteiger partial charge in [0.2, 0.25) is 0 Å². The molecule has 0 saturated heterocycles. The van der Waals surface area contributed by atoms with E-state index >= 15 is 0 Å². The number of amides is 1. The van der Waals surface area contributed by atoms with Crippen LogP contribution in [0, 0.1) is 0 Å². The van der Waals surface area contributed by atoms with Crippen LogP contribution in [-0.2, 0) is 4.79 Å². The van der Waals surface area contributed by atoms with E-state index in [9.17, 15) is 4.79 Å². The molecule has 5 heteroatoms. The molecule has 0 fully saturated rings. The van der Waals surface area contributed by atoms with Gasteiger partial charge in [0, 0.05) is 10.0 Å².